The highest BCUT2D eigenvalue weighted by Crippen LogP contribution is 2.37. The van der Waals surface area contributed by atoms with Crippen molar-refractivity contribution in [3.63, 3.8) is 0 Å². The predicted molar refractivity (Wildman–Crippen MR) is 97.2 cm³/mol. The standard InChI is InChI=1S/C19H20N2O3S/c1-13-3-2-4-17(11-13)25(23,24)20-16-7-8-18-15(12-16)9-10-21(18)19(22)14-5-6-14/h2-4,7-8,11-12,14,20H,5-6,9-10H2,1H3. The first kappa shape index (κ1) is 16.1. The number of hydrogen-bond donors (Lipinski definition) is 1. The van der Waals surface area contributed by atoms with Crippen LogP contribution in [0.1, 0.15) is 24.0 Å². The average molecular weight is 356 g/mol. The largest absolute Gasteiger partial charge is 0.312 e. The molecule has 1 heterocycles. The van der Waals surface area contributed by atoms with Gasteiger partial charge in [0.1, 0.15) is 0 Å². The minimum Gasteiger partial charge on any atom is -0.312 e. The molecule has 1 fully saturated rings. The fraction of sp³-hybridized carbons (Fsp3) is 0.316. The van der Waals surface area contributed by atoms with E-state index in [0.29, 0.717) is 12.2 Å². The lowest BCUT2D eigenvalue weighted by Gasteiger charge is -2.17. The third-order valence-electron chi connectivity index (χ3n) is 4.72. The lowest BCUT2D eigenvalue weighted by atomic mass is 10.1. The van der Waals surface area contributed by atoms with Crippen LogP contribution in [0.15, 0.2) is 47.4 Å². The first-order chi connectivity index (χ1) is 11.9. The molecule has 2 aromatic carbocycles. The lowest BCUT2D eigenvalue weighted by Crippen LogP contribution is -2.30. The Balaban J connectivity index is 1.58. The molecule has 0 aromatic heterocycles. The van der Waals surface area contributed by atoms with E-state index in [2.05, 4.69) is 4.72 Å². The molecule has 2 aliphatic rings. The molecule has 2 aromatic rings. The van der Waals surface area contributed by atoms with Gasteiger partial charge in [-0.25, -0.2) is 8.42 Å². The van der Waals surface area contributed by atoms with E-state index in [0.717, 1.165) is 36.1 Å². The van der Waals surface area contributed by atoms with Gasteiger partial charge in [0.25, 0.3) is 10.0 Å². The van der Waals surface area contributed by atoms with Gasteiger partial charge in [-0.1, -0.05) is 12.1 Å². The van der Waals surface area contributed by atoms with Gasteiger partial charge in [0.15, 0.2) is 0 Å². The Morgan fingerprint density at radius 3 is 2.68 bits per heavy atom. The number of nitrogens with one attached hydrogen (secondary N) is 1. The zero-order valence-electron chi connectivity index (χ0n) is 14.0. The predicted octanol–water partition coefficient (Wildman–Crippen LogP) is 3.09. The fourth-order valence-corrected chi connectivity index (χ4v) is 4.40. The maximum absolute atomic E-state index is 12.5. The Hall–Kier alpha value is -2.34. The van der Waals surface area contributed by atoms with E-state index in [1.165, 1.54) is 0 Å². The monoisotopic (exact) mass is 356 g/mol. The summed E-state index contributed by atoms with van der Waals surface area (Å²) in [4.78, 5) is 14.4. The van der Waals surface area contributed by atoms with Crippen molar-refractivity contribution in [3.8, 4) is 0 Å². The summed E-state index contributed by atoms with van der Waals surface area (Å²) >= 11 is 0. The molecule has 1 aliphatic heterocycles. The second-order valence-electron chi connectivity index (χ2n) is 6.78. The van der Waals surface area contributed by atoms with Crippen LogP contribution in [0, 0.1) is 12.8 Å². The van der Waals surface area contributed by atoms with Crippen molar-refractivity contribution in [2.24, 2.45) is 5.92 Å². The van der Waals surface area contributed by atoms with Gasteiger partial charge >= 0.3 is 0 Å². The van der Waals surface area contributed by atoms with Crippen molar-refractivity contribution in [2.75, 3.05) is 16.2 Å². The third kappa shape index (κ3) is 3.14. The molecule has 4 rings (SSSR count). The third-order valence-corrected chi connectivity index (χ3v) is 6.10. The maximum atomic E-state index is 12.5. The second-order valence-corrected chi connectivity index (χ2v) is 8.46. The van der Waals surface area contributed by atoms with Crippen LogP contribution in [0.25, 0.3) is 0 Å². The summed E-state index contributed by atoms with van der Waals surface area (Å²) in [5.74, 6) is 0.386. The SMILES string of the molecule is Cc1cccc(S(=O)(=O)Nc2ccc3c(c2)CCN3C(=O)C2CC2)c1. The molecule has 25 heavy (non-hydrogen) atoms. The number of amides is 1. The minimum atomic E-state index is -3.62. The van der Waals surface area contributed by atoms with E-state index in [-0.39, 0.29) is 16.7 Å². The van der Waals surface area contributed by atoms with Crippen LogP contribution in [-0.4, -0.2) is 20.9 Å². The summed E-state index contributed by atoms with van der Waals surface area (Å²) in [6.45, 7) is 2.54. The quantitative estimate of drug-likeness (QED) is 0.915. The van der Waals surface area contributed by atoms with Crippen molar-refractivity contribution >= 4 is 27.3 Å². The number of nitrogens with zero attached hydrogens (tertiary/aromatic N) is 1. The smallest absolute Gasteiger partial charge is 0.261 e. The number of carbonyl (C=O) groups excluding carboxylic acids is 1. The number of fused-ring (bicyclic) bond motifs is 1. The van der Waals surface area contributed by atoms with Crippen LogP contribution in [0.5, 0.6) is 0 Å². The van der Waals surface area contributed by atoms with Crippen LogP contribution in [0.3, 0.4) is 0 Å². The topological polar surface area (TPSA) is 66.5 Å². The normalized spacial score (nSPS) is 16.6. The number of carbonyl (C=O) groups is 1. The first-order valence-electron chi connectivity index (χ1n) is 8.48. The van der Waals surface area contributed by atoms with Crippen LogP contribution < -0.4 is 9.62 Å². The Labute approximate surface area is 147 Å². The Morgan fingerprint density at radius 1 is 1.16 bits per heavy atom. The molecular formula is C19H20N2O3S. The van der Waals surface area contributed by atoms with Crippen LogP contribution in [0.4, 0.5) is 11.4 Å². The van der Waals surface area contributed by atoms with Crippen molar-refractivity contribution in [3.05, 3.63) is 53.6 Å². The lowest BCUT2D eigenvalue weighted by molar-refractivity contribution is -0.119. The van der Waals surface area contributed by atoms with Crippen molar-refractivity contribution in [2.45, 2.75) is 31.1 Å². The summed E-state index contributed by atoms with van der Waals surface area (Å²) in [5.41, 5.74) is 3.35. The number of anilines is 2. The molecule has 0 atom stereocenters. The van der Waals surface area contributed by atoms with Gasteiger partial charge in [0.2, 0.25) is 5.91 Å². The summed E-state index contributed by atoms with van der Waals surface area (Å²) in [7, 11) is -3.62. The minimum absolute atomic E-state index is 0.186. The van der Waals surface area contributed by atoms with Crippen molar-refractivity contribution in [1.29, 1.82) is 0 Å². The zero-order valence-corrected chi connectivity index (χ0v) is 14.8. The van der Waals surface area contributed by atoms with Crippen molar-refractivity contribution in [1.82, 2.24) is 0 Å². The Bertz CT molecular complexity index is 949. The van der Waals surface area contributed by atoms with Gasteiger partial charge in [-0.15, -0.1) is 0 Å². The van der Waals surface area contributed by atoms with Gasteiger partial charge in [0, 0.05) is 23.8 Å². The van der Waals surface area contributed by atoms with Gasteiger partial charge in [-0.2, -0.15) is 0 Å². The fourth-order valence-electron chi connectivity index (χ4n) is 3.24. The molecule has 0 bridgehead atoms. The zero-order chi connectivity index (χ0) is 17.6. The van der Waals surface area contributed by atoms with Crippen LogP contribution in [-0.2, 0) is 21.2 Å². The van der Waals surface area contributed by atoms with Crippen LogP contribution >= 0.6 is 0 Å². The van der Waals surface area contributed by atoms with Gasteiger partial charge in [-0.3, -0.25) is 9.52 Å². The second kappa shape index (κ2) is 5.88. The maximum Gasteiger partial charge on any atom is 0.261 e. The molecule has 1 aliphatic carbocycles. The van der Waals surface area contributed by atoms with E-state index in [9.17, 15) is 13.2 Å². The van der Waals surface area contributed by atoms with E-state index < -0.39 is 10.0 Å². The number of rotatable bonds is 4. The van der Waals surface area contributed by atoms with E-state index in [1.807, 2.05) is 30.0 Å². The van der Waals surface area contributed by atoms with Gasteiger partial charge in [-0.05, 0) is 67.6 Å². The Morgan fingerprint density at radius 2 is 1.96 bits per heavy atom. The average Bonchev–Trinajstić information content (AvgIpc) is 3.34. The summed E-state index contributed by atoms with van der Waals surface area (Å²) in [6, 6.07) is 12.2. The highest BCUT2D eigenvalue weighted by Gasteiger charge is 2.36. The molecule has 0 saturated heterocycles. The molecular weight excluding hydrogens is 336 g/mol. The van der Waals surface area contributed by atoms with E-state index >= 15 is 0 Å². The summed E-state index contributed by atoms with van der Waals surface area (Å²) < 4.78 is 27.7. The van der Waals surface area contributed by atoms with Crippen molar-refractivity contribution < 1.29 is 13.2 Å². The summed E-state index contributed by atoms with van der Waals surface area (Å²) in [5, 5.41) is 0. The molecule has 0 unspecified atom stereocenters. The number of hydrogen-bond acceptors (Lipinski definition) is 3. The molecule has 0 spiro atoms. The molecule has 6 heteroatoms. The first-order valence-corrected chi connectivity index (χ1v) is 9.96. The van der Waals surface area contributed by atoms with E-state index in [4.69, 9.17) is 0 Å². The molecule has 5 nitrogen and oxygen atoms in total. The molecule has 130 valence electrons. The van der Waals surface area contributed by atoms with E-state index in [1.54, 1.807) is 24.3 Å². The highest BCUT2D eigenvalue weighted by atomic mass is 32.2. The molecule has 1 amide bonds. The summed E-state index contributed by atoms with van der Waals surface area (Å²) in [6.07, 6.45) is 2.73. The van der Waals surface area contributed by atoms with Gasteiger partial charge < -0.3 is 4.90 Å². The molecule has 1 saturated carbocycles. The molecule has 1 N–H and O–H groups in total. The van der Waals surface area contributed by atoms with Crippen LogP contribution in [0.2, 0.25) is 0 Å². The number of benzene rings is 2. The highest BCUT2D eigenvalue weighted by molar-refractivity contribution is 7.92. The number of sulfonamides is 1. The van der Waals surface area contributed by atoms with Gasteiger partial charge in [0.05, 0.1) is 4.90 Å². The number of aryl methyl sites for hydroxylation is 1. The molecule has 0 radical (unpaired) electrons. The Kier molecular flexibility index (Phi) is 3.80.